The third kappa shape index (κ3) is 6.04. The second-order valence-corrected chi connectivity index (χ2v) is 4.95. The smallest absolute Gasteiger partial charge is 0.240 e. The third-order valence-corrected chi connectivity index (χ3v) is 1.95. The molecular weight excluding hydrogens is 216 g/mol. The highest BCUT2D eigenvalue weighted by Gasteiger charge is 2.11. The van der Waals surface area contributed by atoms with Crippen LogP contribution in [-0.4, -0.2) is 18.1 Å². The van der Waals surface area contributed by atoms with Crippen molar-refractivity contribution < 1.29 is 9.63 Å². The molecule has 0 saturated carbocycles. The van der Waals surface area contributed by atoms with E-state index in [2.05, 4.69) is 10.8 Å². The lowest BCUT2D eigenvalue weighted by molar-refractivity contribution is -0.122. The Hall–Kier alpha value is -1.39. The number of amides is 1. The van der Waals surface area contributed by atoms with Crippen molar-refractivity contribution in [3.8, 4) is 0 Å². The van der Waals surface area contributed by atoms with Crippen LogP contribution in [-0.2, 0) is 9.63 Å². The minimum atomic E-state index is -0.301. The number of hydroxylamine groups is 1. The van der Waals surface area contributed by atoms with Gasteiger partial charge in [-0.25, -0.2) is 0 Å². The first-order chi connectivity index (χ1) is 7.87. The first-order valence-corrected chi connectivity index (χ1v) is 5.64. The summed E-state index contributed by atoms with van der Waals surface area (Å²) in [5, 5.41) is 2.77. The minimum Gasteiger partial charge on any atom is -0.325 e. The van der Waals surface area contributed by atoms with Crippen molar-refractivity contribution in [2.24, 2.45) is 0 Å². The van der Waals surface area contributed by atoms with Gasteiger partial charge in [-0.1, -0.05) is 17.7 Å². The summed E-state index contributed by atoms with van der Waals surface area (Å²) >= 11 is 0. The van der Waals surface area contributed by atoms with Crippen molar-refractivity contribution in [3.05, 3.63) is 29.8 Å². The summed E-state index contributed by atoms with van der Waals surface area (Å²) in [4.78, 5) is 16.8. The number of hydrogen-bond acceptors (Lipinski definition) is 3. The van der Waals surface area contributed by atoms with Crippen molar-refractivity contribution in [3.63, 3.8) is 0 Å². The monoisotopic (exact) mass is 236 g/mol. The van der Waals surface area contributed by atoms with Crippen molar-refractivity contribution in [1.82, 2.24) is 5.48 Å². The van der Waals surface area contributed by atoms with E-state index in [9.17, 15) is 4.79 Å². The number of carbonyl (C=O) groups is 1. The predicted molar refractivity (Wildman–Crippen MR) is 68.6 cm³/mol. The van der Waals surface area contributed by atoms with E-state index in [-0.39, 0.29) is 18.1 Å². The van der Waals surface area contributed by atoms with Gasteiger partial charge in [0.05, 0.1) is 5.60 Å². The molecule has 0 aromatic heterocycles. The summed E-state index contributed by atoms with van der Waals surface area (Å²) < 4.78 is 0. The zero-order chi connectivity index (χ0) is 12.9. The Morgan fingerprint density at radius 3 is 2.35 bits per heavy atom. The van der Waals surface area contributed by atoms with Crippen LogP contribution in [0.15, 0.2) is 24.3 Å². The molecule has 4 nitrogen and oxygen atoms in total. The van der Waals surface area contributed by atoms with Crippen LogP contribution in [0.2, 0.25) is 0 Å². The maximum absolute atomic E-state index is 11.5. The highest BCUT2D eigenvalue weighted by Crippen LogP contribution is 2.08. The molecule has 0 aliphatic heterocycles. The highest BCUT2D eigenvalue weighted by molar-refractivity contribution is 5.92. The molecule has 0 bridgehead atoms. The van der Waals surface area contributed by atoms with E-state index >= 15 is 0 Å². The Balaban J connectivity index is 2.32. The van der Waals surface area contributed by atoms with E-state index in [0.717, 1.165) is 11.3 Å². The number of aryl methyl sites for hydroxylation is 1. The van der Waals surface area contributed by atoms with Crippen molar-refractivity contribution >= 4 is 11.6 Å². The second kappa shape index (κ2) is 5.80. The standard InChI is InChI=1S/C13H20N2O2/c1-10-5-7-11(8-6-10)15-12(16)9-14-17-13(2,3)4/h5-8,14H,9H2,1-4H3,(H,15,16). The summed E-state index contributed by atoms with van der Waals surface area (Å²) in [5.41, 5.74) is 4.30. The lowest BCUT2D eigenvalue weighted by Gasteiger charge is -2.19. The summed E-state index contributed by atoms with van der Waals surface area (Å²) in [7, 11) is 0. The quantitative estimate of drug-likeness (QED) is 0.788. The van der Waals surface area contributed by atoms with Gasteiger partial charge < -0.3 is 5.32 Å². The Labute approximate surface area is 102 Å². The molecule has 0 saturated heterocycles. The van der Waals surface area contributed by atoms with E-state index in [4.69, 9.17) is 4.84 Å². The molecule has 0 spiro atoms. The van der Waals surface area contributed by atoms with Crippen molar-refractivity contribution in [2.45, 2.75) is 33.3 Å². The van der Waals surface area contributed by atoms with Gasteiger partial charge in [0.2, 0.25) is 5.91 Å². The first-order valence-electron chi connectivity index (χ1n) is 5.64. The number of benzene rings is 1. The number of rotatable bonds is 4. The molecule has 1 rings (SSSR count). The van der Waals surface area contributed by atoms with Gasteiger partial charge in [0.25, 0.3) is 0 Å². The topological polar surface area (TPSA) is 50.4 Å². The molecular formula is C13H20N2O2. The van der Waals surface area contributed by atoms with Crippen molar-refractivity contribution in [2.75, 3.05) is 11.9 Å². The number of hydrogen-bond donors (Lipinski definition) is 2. The fourth-order valence-corrected chi connectivity index (χ4v) is 1.16. The van der Waals surface area contributed by atoms with Crippen LogP contribution in [0.25, 0.3) is 0 Å². The Kier molecular flexibility index (Phi) is 4.66. The van der Waals surface area contributed by atoms with Crippen LogP contribution in [0.1, 0.15) is 26.3 Å². The molecule has 1 aromatic carbocycles. The van der Waals surface area contributed by atoms with Crippen LogP contribution >= 0.6 is 0 Å². The van der Waals surface area contributed by atoms with Gasteiger partial charge in [0.15, 0.2) is 0 Å². The lowest BCUT2D eigenvalue weighted by Crippen LogP contribution is -2.34. The fraction of sp³-hybridized carbons (Fsp3) is 0.462. The summed E-state index contributed by atoms with van der Waals surface area (Å²) in [6.07, 6.45) is 0. The van der Waals surface area contributed by atoms with E-state index < -0.39 is 0 Å². The Bertz CT molecular complexity index is 366. The zero-order valence-electron chi connectivity index (χ0n) is 10.8. The van der Waals surface area contributed by atoms with Gasteiger partial charge in [-0.05, 0) is 39.8 Å². The molecule has 0 aliphatic rings. The Morgan fingerprint density at radius 1 is 1.24 bits per heavy atom. The molecule has 1 aromatic rings. The molecule has 0 atom stereocenters. The minimum absolute atomic E-state index is 0.127. The van der Waals surface area contributed by atoms with Gasteiger partial charge in [-0.15, -0.1) is 0 Å². The Morgan fingerprint density at radius 2 is 1.82 bits per heavy atom. The van der Waals surface area contributed by atoms with Crippen LogP contribution in [0, 0.1) is 6.92 Å². The van der Waals surface area contributed by atoms with Gasteiger partial charge >= 0.3 is 0 Å². The molecule has 0 fully saturated rings. The SMILES string of the molecule is Cc1ccc(NC(=O)CNOC(C)(C)C)cc1. The molecule has 94 valence electrons. The summed E-state index contributed by atoms with van der Waals surface area (Å²) in [6, 6.07) is 7.65. The lowest BCUT2D eigenvalue weighted by atomic mass is 10.2. The fourth-order valence-electron chi connectivity index (χ4n) is 1.16. The van der Waals surface area contributed by atoms with E-state index in [1.54, 1.807) is 0 Å². The van der Waals surface area contributed by atoms with Crippen molar-refractivity contribution in [1.29, 1.82) is 0 Å². The highest BCUT2D eigenvalue weighted by atomic mass is 16.7. The van der Waals surface area contributed by atoms with Crippen LogP contribution in [0.5, 0.6) is 0 Å². The summed E-state index contributed by atoms with van der Waals surface area (Å²) in [5.74, 6) is -0.127. The second-order valence-electron chi connectivity index (χ2n) is 4.95. The molecule has 0 heterocycles. The predicted octanol–water partition coefficient (Wildman–Crippen LogP) is 2.25. The number of nitrogens with one attached hydrogen (secondary N) is 2. The first kappa shape index (κ1) is 13.7. The van der Waals surface area contributed by atoms with E-state index in [1.165, 1.54) is 0 Å². The van der Waals surface area contributed by atoms with Gasteiger partial charge in [0, 0.05) is 5.69 Å². The normalized spacial score (nSPS) is 11.3. The van der Waals surface area contributed by atoms with E-state index in [0.29, 0.717) is 0 Å². The number of carbonyl (C=O) groups excluding carboxylic acids is 1. The van der Waals surface area contributed by atoms with Crippen LogP contribution in [0.3, 0.4) is 0 Å². The van der Waals surface area contributed by atoms with Gasteiger partial charge in [-0.2, -0.15) is 5.48 Å². The maximum Gasteiger partial charge on any atom is 0.240 e. The molecule has 2 N–H and O–H groups in total. The van der Waals surface area contributed by atoms with Crippen LogP contribution in [0.4, 0.5) is 5.69 Å². The molecule has 4 heteroatoms. The molecule has 0 unspecified atom stereocenters. The zero-order valence-corrected chi connectivity index (χ0v) is 10.8. The third-order valence-electron chi connectivity index (χ3n) is 1.95. The van der Waals surface area contributed by atoms with E-state index in [1.807, 2.05) is 52.0 Å². The molecule has 0 aliphatic carbocycles. The van der Waals surface area contributed by atoms with Gasteiger partial charge in [0.1, 0.15) is 6.54 Å². The molecule has 1 amide bonds. The molecule has 17 heavy (non-hydrogen) atoms. The maximum atomic E-state index is 11.5. The van der Waals surface area contributed by atoms with Crippen LogP contribution < -0.4 is 10.8 Å². The molecule has 0 radical (unpaired) electrons. The average Bonchev–Trinajstić information content (AvgIpc) is 2.19. The van der Waals surface area contributed by atoms with Gasteiger partial charge in [-0.3, -0.25) is 9.63 Å². The largest absolute Gasteiger partial charge is 0.325 e. The average molecular weight is 236 g/mol. The summed E-state index contributed by atoms with van der Waals surface area (Å²) in [6.45, 7) is 7.88. The number of anilines is 1.